The first-order chi connectivity index (χ1) is 8.16. The molecule has 9 heteroatoms. The molecule has 0 unspecified atom stereocenters. The third-order valence-electron chi connectivity index (χ3n) is 1.93. The Morgan fingerprint density at radius 1 is 1.28 bits per heavy atom. The smallest absolute Gasteiger partial charge is 0.375 e. The Balaban J connectivity index is 3.22. The second kappa shape index (κ2) is 4.84. The lowest BCUT2D eigenvalue weighted by Gasteiger charge is -2.13. The van der Waals surface area contributed by atoms with Crippen LogP contribution in [0.1, 0.15) is 0 Å². The number of hydrogen-bond acceptors (Lipinski definition) is 4. The molecule has 5 nitrogen and oxygen atoms in total. The summed E-state index contributed by atoms with van der Waals surface area (Å²) >= 11 is 0. The van der Waals surface area contributed by atoms with Crippen LogP contribution in [0, 0.1) is 0 Å². The highest BCUT2D eigenvalue weighted by molar-refractivity contribution is 7.92. The monoisotopic (exact) mass is 282 g/mol. The van der Waals surface area contributed by atoms with Crippen molar-refractivity contribution in [3.05, 3.63) is 24.3 Å². The number of primary amides is 1. The molecule has 0 aromatic heterocycles. The van der Waals surface area contributed by atoms with Crippen molar-refractivity contribution in [3.63, 3.8) is 0 Å². The van der Waals surface area contributed by atoms with Crippen molar-refractivity contribution in [1.82, 2.24) is 0 Å². The summed E-state index contributed by atoms with van der Waals surface area (Å²) in [5.41, 5.74) is -0.918. The fourth-order valence-electron chi connectivity index (χ4n) is 1.15. The normalized spacial score (nSPS) is 12.2. The van der Waals surface area contributed by atoms with Gasteiger partial charge in [-0.15, -0.1) is 0 Å². The first-order valence-corrected chi connectivity index (χ1v) is 6.07. The van der Waals surface area contributed by atoms with Gasteiger partial charge in [0.2, 0.25) is 5.91 Å². The molecule has 0 saturated heterocycles. The number of nitrogens with two attached hydrogens (primary N) is 1. The van der Waals surface area contributed by atoms with Crippen LogP contribution in [0.25, 0.3) is 0 Å². The minimum absolute atomic E-state index is 0.325. The van der Waals surface area contributed by atoms with Crippen LogP contribution in [-0.2, 0) is 14.6 Å². The van der Waals surface area contributed by atoms with Crippen LogP contribution in [-0.4, -0.2) is 26.4 Å². The third kappa shape index (κ3) is 2.92. The van der Waals surface area contributed by atoms with Crippen molar-refractivity contribution >= 4 is 21.4 Å². The zero-order valence-corrected chi connectivity index (χ0v) is 9.68. The number of alkyl halides is 3. The third-order valence-corrected chi connectivity index (χ3v) is 3.48. The molecule has 0 heterocycles. The molecule has 0 atom stereocenters. The van der Waals surface area contributed by atoms with Crippen molar-refractivity contribution in [1.29, 1.82) is 0 Å². The Labute approximate surface area is 101 Å². The molecule has 3 N–H and O–H groups in total. The number of hydrogen-bond donors (Lipinski definition) is 2. The second-order valence-electron chi connectivity index (χ2n) is 3.27. The van der Waals surface area contributed by atoms with E-state index in [0.717, 1.165) is 18.2 Å². The highest BCUT2D eigenvalue weighted by Crippen LogP contribution is 2.33. The minimum atomic E-state index is -5.47. The highest BCUT2D eigenvalue weighted by Gasteiger charge is 2.47. The summed E-state index contributed by atoms with van der Waals surface area (Å²) in [4.78, 5) is 9.57. The summed E-state index contributed by atoms with van der Waals surface area (Å²) in [5, 5.41) is 2.24. The van der Waals surface area contributed by atoms with E-state index in [0.29, 0.717) is 0 Å². The molecule has 0 saturated carbocycles. The SMILES string of the molecule is NC(=O)CNc1ccccc1S(=O)(=O)C(F)(F)F. The molecule has 1 rings (SSSR count). The number of para-hydroxylation sites is 1. The van der Waals surface area contributed by atoms with E-state index in [1.807, 2.05) is 0 Å². The number of sulfone groups is 1. The van der Waals surface area contributed by atoms with Crippen molar-refractivity contribution in [2.45, 2.75) is 10.4 Å². The lowest BCUT2D eigenvalue weighted by atomic mass is 10.3. The van der Waals surface area contributed by atoms with Gasteiger partial charge >= 0.3 is 5.51 Å². The van der Waals surface area contributed by atoms with Gasteiger partial charge in [-0.1, -0.05) is 12.1 Å². The molecule has 1 amide bonds. The lowest BCUT2D eigenvalue weighted by molar-refractivity contribution is -0.116. The largest absolute Gasteiger partial charge is 0.501 e. The summed E-state index contributed by atoms with van der Waals surface area (Å²) in [5.74, 6) is -0.825. The van der Waals surface area contributed by atoms with Crippen molar-refractivity contribution in [2.75, 3.05) is 11.9 Å². The first-order valence-electron chi connectivity index (χ1n) is 4.59. The molecular formula is C9H9F3N2O3S. The zero-order chi connectivity index (χ0) is 14.0. The summed E-state index contributed by atoms with van der Waals surface area (Å²) < 4.78 is 59.6. The number of rotatable bonds is 4. The molecule has 0 spiro atoms. The van der Waals surface area contributed by atoms with Gasteiger partial charge in [-0.3, -0.25) is 4.79 Å². The molecule has 0 fully saturated rings. The van der Waals surface area contributed by atoms with Gasteiger partial charge in [0, 0.05) is 0 Å². The van der Waals surface area contributed by atoms with Gasteiger partial charge in [0.1, 0.15) is 0 Å². The summed E-state index contributed by atoms with van der Waals surface area (Å²) in [6, 6.07) is 4.39. The van der Waals surface area contributed by atoms with E-state index < -0.39 is 32.7 Å². The average molecular weight is 282 g/mol. The number of anilines is 1. The van der Waals surface area contributed by atoms with E-state index in [1.165, 1.54) is 6.07 Å². The Kier molecular flexibility index (Phi) is 3.85. The quantitative estimate of drug-likeness (QED) is 0.857. The molecule has 1 aromatic carbocycles. The van der Waals surface area contributed by atoms with Crippen LogP contribution in [0.15, 0.2) is 29.2 Å². The summed E-state index contributed by atoms with van der Waals surface area (Å²) in [6.07, 6.45) is 0. The molecule has 1 aromatic rings. The van der Waals surface area contributed by atoms with Crippen molar-refractivity contribution in [2.24, 2.45) is 5.73 Å². The van der Waals surface area contributed by atoms with Crippen molar-refractivity contribution < 1.29 is 26.4 Å². The maximum Gasteiger partial charge on any atom is 0.501 e. The molecule has 0 aliphatic rings. The molecular weight excluding hydrogens is 273 g/mol. The van der Waals surface area contributed by atoms with E-state index in [4.69, 9.17) is 5.73 Å². The fraction of sp³-hybridized carbons (Fsp3) is 0.222. The van der Waals surface area contributed by atoms with Crippen LogP contribution in [0.3, 0.4) is 0 Å². The van der Waals surface area contributed by atoms with E-state index in [2.05, 4.69) is 5.32 Å². The van der Waals surface area contributed by atoms with Gasteiger partial charge in [0.15, 0.2) is 0 Å². The van der Waals surface area contributed by atoms with Crippen molar-refractivity contribution in [3.8, 4) is 0 Å². The number of carbonyl (C=O) groups excluding carboxylic acids is 1. The predicted molar refractivity (Wildman–Crippen MR) is 57.4 cm³/mol. The van der Waals surface area contributed by atoms with Gasteiger partial charge in [-0.25, -0.2) is 8.42 Å². The number of halogens is 3. The predicted octanol–water partition coefficient (Wildman–Crippen LogP) is 0.877. The number of carbonyl (C=O) groups is 1. The van der Waals surface area contributed by atoms with Gasteiger partial charge in [0.05, 0.1) is 17.1 Å². The summed E-state index contributed by atoms with van der Waals surface area (Å²) in [6.45, 7) is -0.468. The molecule has 100 valence electrons. The average Bonchev–Trinajstić information content (AvgIpc) is 2.25. The first kappa shape index (κ1) is 14.3. The lowest BCUT2D eigenvalue weighted by Crippen LogP contribution is -2.26. The highest BCUT2D eigenvalue weighted by atomic mass is 32.2. The van der Waals surface area contributed by atoms with E-state index in [1.54, 1.807) is 0 Å². The van der Waals surface area contributed by atoms with Crippen LogP contribution in [0.5, 0.6) is 0 Å². The van der Waals surface area contributed by atoms with Crippen LogP contribution < -0.4 is 11.1 Å². The Hall–Kier alpha value is -1.77. The van der Waals surface area contributed by atoms with Gasteiger partial charge in [-0.05, 0) is 12.1 Å². The Morgan fingerprint density at radius 3 is 2.33 bits per heavy atom. The fourth-order valence-corrected chi connectivity index (χ4v) is 2.09. The zero-order valence-electron chi connectivity index (χ0n) is 8.86. The van der Waals surface area contributed by atoms with E-state index >= 15 is 0 Å². The van der Waals surface area contributed by atoms with Gasteiger partial charge < -0.3 is 11.1 Å². The Bertz CT molecular complexity index is 554. The Morgan fingerprint density at radius 2 is 1.83 bits per heavy atom. The molecule has 18 heavy (non-hydrogen) atoms. The van der Waals surface area contributed by atoms with Crippen LogP contribution in [0.4, 0.5) is 18.9 Å². The van der Waals surface area contributed by atoms with Crippen LogP contribution in [0.2, 0.25) is 0 Å². The standard InChI is InChI=1S/C9H9F3N2O3S/c10-9(11,12)18(16,17)7-4-2-1-3-6(7)14-5-8(13)15/h1-4,14H,5H2,(H2,13,15). The number of nitrogens with one attached hydrogen (secondary N) is 1. The summed E-state index contributed by atoms with van der Waals surface area (Å²) in [7, 11) is -5.47. The van der Waals surface area contributed by atoms with Gasteiger partial charge in [0.25, 0.3) is 9.84 Å². The maximum absolute atomic E-state index is 12.4. The molecule has 0 radical (unpaired) electrons. The van der Waals surface area contributed by atoms with Crippen LogP contribution >= 0.6 is 0 Å². The van der Waals surface area contributed by atoms with E-state index in [9.17, 15) is 26.4 Å². The second-order valence-corrected chi connectivity index (χ2v) is 5.17. The molecule has 0 bridgehead atoms. The minimum Gasteiger partial charge on any atom is -0.375 e. The van der Waals surface area contributed by atoms with E-state index in [-0.39, 0.29) is 5.69 Å². The number of amides is 1. The maximum atomic E-state index is 12.4. The van der Waals surface area contributed by atoms with Gasteiger partial charge in [-0.2, -0.15) is 13.2 Å². The topological polar surface area (TPSA) is 89.3 Å². The molecule has 0 aliphatic heterocycles. The molecule has 0 aliphatic carbocycles. The number of benzene rings is 1.